The van der Waals surface area contributed by atoms with Crippen LogP contribution in [0.2, 0.25) is 0 Å². The van der Waals surface area contributed by atoms with Crippen LogP contribution in [0.5, 0.6) is 0 Å². The molecular formula is C13H16F2N4S. The van der Waals surface area contributed by atoms with E-state index in [4.69, 9.17) is 5.73 Å². The zero-order chi connectivity index (χ0) is 14.5. The van der Waals surface area contributed by atoms with E-state index in [9.17, 15) is 8.78 Å². The lowest BCUT2D eigenvalue weighted by molar-refractivity contribution is 0.565. The Labute approximate surface area is 120 Å². The summed E-state index contributed by atoms with van der Waals surface area (Å²) in [5, 5.41) is 8.66. The summed E-state index contributed by atoms with van der Waals surface area (Å²) in [5.74, 6) is -0.232. The van der Waals surface area contributed by atoms with Crippen molar-refractivity contribution in [1.82, 2.24) is 14.8 Å². The van der Waals surface area contributed by atoms with Gasteiger partial charge in [-0.25, -0.2) is 8.78 Å². The third kappa shape index (κ3) is 3.16. The Morgan fingerprint density at radius 2 is 1.95 bits per heavy atom. The second kappa shape index (κ2) is 6.81. The van der Waals surface area contributed by atoms with Crippen LogP contribution in [0.4, 0.5) is 8.78 Å². The van der Waals surface area contributed by atoms with Gasteiger partial charge in [0.2, 0.25) is 0 Å². The van der Waals surface area contributed by atoms with Crippen LogP contribution in [0, 0.1) is 11.6 Å². The molecule has 0 fully saturated rings. The first-order valence-electron chi connectivity index (χ1n) is 6.35. The first-order chi connectivity index (χ1) is 9.67. The Morgan fingerprint density at radius 3 is 2.55 bits per heavy atom. The van der Waals surface area contributed by atoms with Crippen LogP contribution in [0.3, 0.4) is 0 Å². The van der Waals surface area contributed by atoms with Crippen LogP contribution in [0.25, 0.3) is 0 Å². The number of hydrogen-bond donors (Lipinski definition) is 1. The van der Waals surface area contributed by atoms with Gasteiger partial charge in [0.05, 0.1) is 6.54 Å². The lowest BCUT2D eigenvalue weighted by atomic mass is 10.2. The highest BCUT2D eigenvalue weighted by Gasteiger charge is 2.14. The summed E-state index contributed by atoms with van der Waals surface area (Å²) in [7, 11) is 0. The molecule has 0 unspecified atom stereocenters. The Morgan fingerprint density at radius 1 is 1.25 bits per heavy atom. The second-order valence-electron chi connectivity index (χ2n) is 4.24. The van der Waals surface area contributed by atoms with Crippen LogP contribution >= 0.6 is 11.8 Å². The minimum absolute atomic E-state index is 0.0536. The first-order valence-corrected chi connectivity index (χ1v) is 7.33. The Hall–Kier alpha value is -1.47. The highest BCUT2D eigenvalue weighted by atomic mass is 32.2. The molecule has 1 aromatic heterocycles. The molecule has 0 radical (unpaired) electrons. The molecule has 0 saturated carbocycles. The largest absolute Gasteiger partial charge is 0.324 e. The van der Waals surface area contributed by atoms with E-state index in [2.05, 4.69) is 10.2 Å². The van der Waals surface area contributed by atoms with Crippen molar-refractivity contribution < 1.29 is 8.78 Å². The lowest BCUT2D eigenvalue weighted by Crippen LogP contribution is -2.09. The molecule has 4 nitrogen and oxygen atoms in total. The number of aromatic nitrogens is 3. The van der Waals surface area contributed by atoms with Crippen molar-refractivity contribution in [3.05, 3.63) is 41.2 Å². The molecule has 0 aliphatic rings. The number of nitrogens with zero attached hydrogens (tertiary/aromatic N) is 3. The van der Waals surface area contributed by atoms with Gasteiger partial charge in [0.1, 0.15) is 17.5 Å². The number of benzene rings is 1. The normalized spacial score (nSPS) is 11.0. The summed E-state index contributed by atoms with van der Waals surface area (Å²) in [5.41, 5.74) is 5.65. The van der Waals surface area contributed by atoms with Crippen LogP contribution in [0.15, 0.2) is 23.4 Å². The van der Waals surface area contributed by atoms with E-state index < -0.39 is 11.6 Å². The SMILES string of the molecule is CCCn1c(CN)nnc1SCc1c(F)cccc1F. The number of thioether (sulfide) groups is 1. The van der Waals surface area contributed by atoms with Crippen LogP contribution in [0.1, 0.15) is 24.7 Å². The summed E-state index contributed by atoms with van der Waals surface area (Å²) in [6.45, 7) is 3.06. The quantitative estimate of drug-likeness (QED) is 0.833. The van der Waals surface area contributed by atoms with Gasteiger partial charge in [-0.3, -0.25) is 0 Å². The predicted octanol–water partition coefficient (Wildman–Crippen LogP) is 2.72. The minimum Gasteiger partial charge on any atom is -0.324 e. The standard InChI is InChI=1S/C13H16F2N4S/c1-2-6-19-12(7-16)17-18-13(19)20-8-9-10(14)4-3-5-11(9)15/h3-5H,2,6-8,16H2,1H3. The van der Waals surface area contributed by atoms with Crippen molar-refractivity contribution in [1.29, 1.82) is 0 Å². The van der Waals surface area contributed by atoms with Crippen LogP contribution in [-0.2, 0) is 18.8 Å². The lowest BCUT2D eigenvalue weighted by Gasteiger charge is -2.08. The molecule has 0 aliphatic carbocycles. The van der Waals surface area contributed by atoms with Crippen molar-refractivity contribution in [2.45, 2.75) is 37.3 Å². The summed E-state index contributed by atoms with van der Waals surface area (Å²) >= 11 is 1.26. The third-order valence-electron chi connectivity index (χ3n) is 2.83. The summed E-state index contributed by atoms with van der Waals surface area (Å²) in [4.78, 5) is 0. The molecule has 0 aliphatic heterocycles. The highest BCUT2D eigenvalue weighted by molar-refractivity contribution is 7.98. The van der Waals surface area contributed by atoms with Gasteiger partial charge in [0.15, 0.2) is 5.16 Å². The van der Waals surface area contributed by atoms with Gasteiger partial charge in [-0.05, 0) is 18.6 Å². The van der Waals surface area contributed by atoms with Crippen molar-refractivity contribution >= 4 is 11.8 Å². The zero-order valence-electron chi connectivity index (χ0n) is 11.1. The van der Waals surface area contributed by atoms with Gasteiger partial charge in [-0.1, -0.05) is 24.8 Å². The number of rotatable bonds is 6. The molecule has 7 heteroatoms. The van der Waals surface area contributed by atoms with Gasteiger partial charge in [-0.15, -0.1) is 10.2 Å². The van der Waals surface area contributed by atoms with E-state index in [1.165, 1.54) is 30.0 Å². The fourth-order valence-electron chi connectivity index (χ4n) is 1.83. The van der Waals surface area contributed by atoms with E-state index in [1.807, 2.05) is 11.5 Å². The molecule has 108 valence electrons. The number of halogens is 2. The smallest absolute Gasteiger partial charge is 0.191 e. The Balaban J connectivity index is 2.17. The molecule has 2 N–H and O–H groups in total. The van der Waals surface area contributed by atoms with Gasteiger partial charge >= 0.3 is 0 Å². The molecule has 1 aromatic carbocycles. The number of nitrogens with two attached hydrogens (primary N) is 1. The average molecular weight is 298 g/mol. The van der Waals surface area contributed by atoms with Gasteiger partial charge in [0, 0.05) is 17.9 Å². The van der Waals surface area contributed by atoms with E-state index in [1.54, 1.807) is 0 Å². The molecule has 0 spiro atoms. The third-order valence-corrected chi connectivity index (χ3v) is 3.82. The summed E-state index contributed by atoms with van der Waals surface area (Å²) in [6, 6.07) is 3.85. The van der Waals surface area contributed by atoms with Crippen molar-refractivity contribution in [3.8, 4) is 0 Å². The predicted molar refractivity (Wildman–Crippen MR) is 74.1 cm³/mol. The maximum Gasteiger partial charge on any atom is 0.191 e. The van der Waals surface area contributed by atoms with Crippen molar-refractivity contribution in [2.75, 3.05) is 0 Å². The molecule has 0 atom stereocenters. The maximum absolute atomic E-state index is 13.6. The first kappa shape index (κ1) is 14.9. The maximum atomic E-state index is 13.6. The van der Waals surface area contributed by atoms with Crippen molar-refractivity contribution in [2.24, 2.45) is 5.73 Å². The summed E-state index contributed by atoms with van der Waals surface area (Å²) < 4.78 is 29.0. The monoisotopic (exact) mass is 298 g/mol. The highest BCUT2D eigenvalue weighted by Crippen LogP contribution is 2.25. The number of hydrogen-bond acceptors (Lipinski definition) is 4. The van der Waals surface area contributed by atoms with E-state index >= 15 is 0 Å². The fourth-order valence-corrected chi connectivity index (χ4v) is 2.83. The second-order valence-corrected chi connectivity index (χ2v) is 5.19. The molecule has 0 amide bonds. The average Bonchev–Trinajstić information content (AvgIpc) is 2.81. The van der Waals surface area contributed by atoms with Crippen molar-refractivity contribution in [3.63, 3.8) is 0 Å². The van der Waals surface area contributed by atoms with E-state index in [-0.39, 0.29) is 11.3 Å². The van der Waals surface area contributed by atoms with Gasteiger partial charge in [-0.2, -0.15) is 0 Å². The molecule has 0 bridgehead atoms. The topological polar surface area (TPSA) is 56.7 Å². The van der Waals surface area contributed by atoms with Crippen LogP contribution in [-0.4, -0.2) is 14.8 Å². The van der Waals surface area contributed by atoms with Gasteiger partial charge in [0.25, 0.3) is 0 Å². The fraction of sp³-hybridized carbons (Fsp3) is 0.385. The zero-order valence-corrected chi connectivity index (χ0v) is 12.0. The molecule has 20 heavy (non-hydrogen) atoms. The Bertz CT molecular complexity index is 565. The van der Waals surface area contributed by atoms with Gasteiger partial charge < -0.3 is 10.3 Å². The molecule has 2 aromatic rings. The summed E-state index contributed by atoms with van der Waals surface area (Å²) in [6.07, 6.45) is 0.909. The Kier molecular flexibility index (Phi) is 5.08. The molecule has 2 rings (SSSR count). The van der Waals surface area contributed by atoms with Crippen LogP contribution < -0.4 is 5.73 Å². The molecule has 1 heterocycles. The van der Waals surface area contributed by atoms with E-state index in [0.717, 1.165) is 13.0 Å². The molecule has 0 saturated heterocycles. The molecular weight excluding hydrogens is 282 g/mol. The van der Waals surface area contributed by atoms with E-state index in [0.29, 0.717) is 17.5 Å². The minimum atomic E-state index is -0.543.